The normalized spacial score (nSPS) is 14.2. The topological polar surface area (TPSA) is 237 Å². The molecule has 0 radical (unpaired) electrons. The summed E-state index contributed by atoms with van der Waals surface area (Å²) in [5, 5.41) is 10.7. The molecule has 0 rings (SSSR count). The second-order valence-electron chi connectivity index (χ2n) is 30.7. The first-order chi connectivity index (χ1) is 48.8. The summed E-state index contributed by atoms with van der Waals surface area (Å²) in [6, 6.07) is 0. The largest absolute Gasteiger partial charge is 0.472 e. The summed E-state index contributed by atoms with van der Waals surface area (Å²) in [5.74, 6) is 0.314. The first-order valence-corrected chi connectivity index (χ1v) is 45.4. The number of ether oxygens (including phenoxy) is 4. The van der Waals surface area contributed by atoms with Crippen molar-refractivity contribution in [3.05, 3.63) is 0 Å². The Morgan fingerprint density at radius 3 is 0.752 bits per heavy atom. The lowest BCUT2D eigenvalue weighted by Crippen LogP contribution is -2.30. The second-order valence-corrected chi connectivity index (χ2v) is 33.6. The van der Waals surface area contributed by atoms with Crippen LogP contribution in [-0.4, -0.2) is 96.7 Å². The molecule has 0 spiro atoms. The summed E-state index contributed by atoms with van der Waals surface area (Å²) >= 11 is 0. The van der Waals surface area contributed by atoms with Crippen molar-refractivity contribution >= 4 is 39.5 Å². The molecule has 3 N–H and O–H groups in total. The van der Waals surface area contributed by atoms with E-state index in [2.05, 4.69) is 48.5 Å². The molecule has 0 aliphatic heterocycles. The van der Waals surface area contributed by atoms with Crippen molar-refractivity contribution in [2.75, 3.05) is 39.6 Å². The Morgan fingerprint density at radius 1 is 0.287 bits per heavy atom. The van der Waals surface area contributed by atoms with Gasteiger partial charge in [-0.25, -0.2) is 9.13 Å². The molecule has 0 aromatic carbocycles. The van der Waals surface area contributed by atoms with E-state index in [1.54, 1.807) is 0 Å². The van der Waals surface area contributed by atoms with Crippen LogP contribution in [0, 0.1) is 17.8 Å². The lowest BCUT2D eigenvalue weighted by atomic mass is 9.99. The average molecular weight is 1480 g/mol. The number of carbonyl (C=O) groups excluding carboxylic acids is 4. The monoisotopic (exact) mass is 1480 g/mol. The van der Waals surface area contributed by atoms with Crippen LogP contribution in [0.4, 0.5) is 0 Å². The van der Waals surface area contributed by atoms with E-state index in [1.165, 1.54) is 238 Å². The number of phosphoric acid groups is 2. The number of hydrogen-bond acceptors (Lipinski definition) is 15. The third-order valence-corrected chi connectivity index (χ3v) is 21.4. The molecule has 17 nitrogen and oxygen atoms in total. The molecule has 0 bridgehead atoms. The van der Waals surface area contributed by atoms with Crippen molar-refractivity contribution in [1.82, 2.24) is 0 Å². The Hall–Kier alpha value is -1.94. The van der Waals surface area contributed by atoms with Crippen molar-refractivity contribution < 1.29 is 80.2 Å². The minimum atomic E-state index is -4.96. The summed E-state index contributed by atoms with van der Waals surface area (Å²) in [7, 11) is -9.92. The first kappa shape index (κ1) is 99.1. The van der Waals surface area contributed by atoms with E-state index >= 15 is 0 Å². The maximum absolute atomic E-state index is 13.1. The molecule has 0 aromatic rings. The number of rotatable bonds is 80. The molecule has 0 saturated carbocycles. The van der Waals surface area contributed by atoms with Gasteiger partial charge in [-0.15, -0.1) is 0 Å². The zero-order valence-corrected chi connectivity index (χ0v) is 68.2. The van der Waals surface area contributed by atoms with Crippen molar-refractivity contribution in [2.24, 2.45) is 17.8 Å². The Balaban J connectivity index is 5.26. The summed E-state index contributed by atoms with van der Waals surface area (Å²) < 4.78 is 68.8. The van der Waals surface area contributed by atoms with Gasteiger partial charge >= 0.3 is 39.5 Å². The van der Waals surface area contributed by atoms with Gasteiger partial charge in [-0.05, 0) is 43.4 Å². The van der Waals surface area contributed by atoms with Gasteiger partial charge in [-0.1, -0.05) is 376 Å². The number of aliphatic hydroxyl groups is 1. The maximum Gasteiger partial charge on any atom is 0.472 e. The van der Waals surface area contributed by atoms with Gasteiger partial charge in [-0.2, -0.15) is 0 Å². The third-order valence-electron chi connectivity index (χ3n) is 19.5. The molecule has 0 aromatic heterocycles. The average Bonchev–Trinajstić information content (AvgIpc) is 0.928. The van der Waals surface area contributed by atoms with Gasteiger partial charge in [0.25, 0.3) is 0 Å². The highest BCUT2D eigenvalue weighted by atomic mass is 31.2. The van der Waals surface area contributed by atoms with Gasteiger partial charge in [0.2, 0.25) is 0 Å². The van der Waals surface area contributed by atoms with Gasteiger partial charge in [0.1, 0.15) is 19.3 Å². The Morgan fingerprint density at radius 2 is 0.505 bits per heavy atom. The summed E-state index contributed by atoms with van der Waals surface area (Å²) in [4.78, 5) is 73.1. The van der Waals surface area contributed by atoms with E-state index in [0.717, 1.165) is 108 Å². The van der Waals surface area contributed by atoms with Crippen LogP contribution in [0.2, 0.25) is 0 Å². The molecule has 0 amide bonds. The standard InChI is InChI=1S/C82H160O17P2/c1-8-10-11-12-13-14-25-35-42-49-56-63-79(84)92-69-77(99-82(87)66-59-52-45-38-31-24-23-27-33-40-47-54-61-74(5)6)71-96-100(88,89)94-67-76(83)68-95-101(90,91)97-72-78(70-93-80(85)64-57-50-43-36-29-21-17-15-19-26-32-39-46-53-60-73(3)4)98-81(86)65-58-51-44-37-30-22-18-16-20-28-34-41-48-55-62-75(7)9-2/h73-78,83H,8-72H2,1-7H3,(H,88,89)(H,90,91)/t75?,76-,77+,78+/m0/s1. The van der Waals surface area contributed by atoms with Crippen LogP contribution >= 0.6 is 15.6 Å². The number of esters is 4. The number of hydrogen-bond donors (Lipinski definition) is 3. The fourth-order valence-electron chi connectivity index (χ4n) is 12.6. The first-order valence-electron chi connectivity index (χ1n) is 42.4. The predicted molar refractivity (Wildman–Crippen MR) is 414 cm³/mol. The molecular formula is C82H160O17P2. The third kappa shape index (κ3) is 74.7. The summed E-state index contributed by atoms with van der Waals surface area (Å²) in [6.07, 6.45) is 60.8. The molecule has 0 aliphatic rings. The smallest absolute Gasteiger partial charge is 0.462 e. The van der Waals surface area contributed by atoms with Crippen LogP contribution in [0.15, 0.2) is 0 Å². The number of aliphatic hydroxyl groups excluding tert-OH is 1. The van der Waals surface area contributed by atoms with Crippen LogP contribution in [-0.2, 0) is 65.4 Å². The zero-order valence-electron chi connectivity index (χ0n) is 66.4. The Kier molecular flexibility index (Phi) is 70.9. The maximum atomic E-state index is 13.1. The SMILES string of the molecule is CCCCCCCCCCCCCC(=O)OC[C@H](COP(=O)(O)OC[C@H](O)COP(=O)(O)OC[C@@H](COC(=O)CCCCCCCCCCCCCCCCC(C)C)OC(=O)CCCCCCCCCCCCCCCCC(C)CC)OC(=O)CCCCCCCCCCCCCCC(C)C. The number of unbranched alkanes of at least 4 members (excludes halogenated alkanes) is 47. The predicted octanol–water partition coefficient (Wildman–Crippen LogP) is 24.5. The van der Waals surface area contributed by atoms with Gasteiger partial charge in [0.15, 0.2) is 12.2 Å². The van der Waals surface area contributed by atoms with Crippen molar-refractivity contribution in [3.63, 3.8) is 0 Å². The quantitative estimate of drug-likeness (QED) is 0.0222. The molecule has 0 aliphatic carbocycles. The minimum absolute atomic E-state index is 0.107. The van der Waals surface area contributed by atoms with Crippen molar-refractivity contribution in [1.29, 1.82) is 0 Å². The molecule has 3 unspecified atom stereocenters. The highest BCUT2D eigenvalue weighted by molar-refractivity contribution is 7.47. The lowest BCUT2D eigenvalue weighted by molar-refractivity contribution is -0.161. The highest BCUT2D eigenvalue weighted by Crippen LogP contribution is 2.45. The van der Waals surface area contributed by atoms with Gasteiger partial charge in [-0.3, -0.25) is 37.3 Å². The fraction of sp³-hybridized carbons (Fsp3) is 0.951. The summed E-state index contributed by atoms with van der Waals surface area (Å²) in [5.41, 5.74) is 0. The molecule has 0 heterocycles. The Bertz CT molecular complexity index is 1960. The molecule has 6 atom stereocenters. The molecule has 600 valence electrons. The molecular weight excluding hydrogens is 1320 g/mol. The van der Waals surface area contributed by atoms with Crippen molar-refractivity contribution in [3.8, 4) is 0 Å². The van der Waals surface area contributed by atoms with Gasteiger partial charge in [0.05, 0.1) is 26.4 Å². The van der Waals surface area contributed by atoms with Crippen molar-refractivity contribution in [2.45, 2.75) is 446 Å². The van der Waals surface area contributed by atoms with E-state index in [4.69, 9.17) is 37.0 Å². The van der Waals surface area contributed by atoms with Gasteiger partial charge in [0, 0.05) is 25.7 Å². The molecule has 101 heavy (non-hydrogen) atoms. The van der Waals surface area contributed by atoms with E-state index in [0.29, 0.717) is 25.7 Å². The van der Waals surface area contributed by atoms with Crippen LogP contribution in [0.25, 0.3) is 0 Å². The van der Waals surface area contributed by atoms with Gasteiger partial charge < -0.3 is 33.8 Å². The van der Waals surface area contributed by atoms with Crippen LogP contribution in [0.5, 0.6) is 0 Å². The number of carbonyl (C=O) groups is 4. The van der Waals surface area contributed by atoms with E-state index in [9.17, 15) is 43.2 Å². The minimum Gasteiger partial charge on any atom is -0.462 e. The number of phosphoric ester groups is 2. The molecule has 19 heteroatoms. The van der Waals surface area contributed by atoms with Crippen LogP contribution < -0.4 is 0 Å². The summed E-state index contributed by atoms with van der Waals surface area (Å²) in [6.45, 7) is 12.0. The molecule has 0 saturated heterocycles. The van der Waals surface area contributed by atoms with E-state index in [-0.39, 0.29) is 25.7 Å². The Labute approximate surface area is 619 Å². The highest BCUT2D eigenvalue weighted by Gasteiger charge is 2.30. The second kappa shape index (κ2) is 72.3. The van der Waals surface area contributed by atoms with Crippen LogP contribution in [0.3, 0.4) is 0 Å². The zero-order chi connectivity index (χ0) is 74.4. The molecule has 0 fully saturated rings. The lowest BCUT2D eigenvalue weighted by Gasteiger charge is -2.21. The van der Waals surface area contributed by atoms with Crippen LogP contribution in [0.1, 0.15) is 427 Å². The van der Waals surface area contributed by atoms with E-state index < -0.39 is 97.5 Å². The fourth-order valence-corrected chi connectivity index (χ4v) is 14.2. The van der Waals surface area contributed by atoms with E-state index in [1.807, 2.05) is 0 Å².